The fourth-order valence-electron chi connectivity index (χ4n) is 1.70. The highest BCUT2D eigenvalue weighted by Crippen LogP contribution is 1.97. The lowest BCUT2D eigenvalue weighted by Crippen LogP contribution is -2.46. The third kappa shape index (κ3) is 5.46. The summed E-state index contributed by atoms with van der Waals surface area (Å²) in [5.41, 5.74) is 0. The molecule has 1 fully saturated rings. The van der Waals surface area contributed by atoms with Crippen molar-refractivity contribution in [3.8, 4) is 0 Å². The lowest BCUT2D eigenvalue weighted by Gasteiger charge is -2.27. The van der Waals surface area contributed by atoms with Crippen LogP contribution >= 0.6 is 0 Å². The van der Waals surface area contributed by atoms with Crippen LogP contribution in [0.4, 0.5) is 0 Å². The molecular weight excluding hydrogens is 234 g/mol. The lowest BCUT2D eigenvalue weighted by atomic mass is 10.3. The number of ether oxygens (including phenoxy) is 1. The van der Waals surface area contributed by atoms with Gasteiger partial charge in [0.1, 0.15) is 0 Å². The Hall–Kier alpha value is -1.14. The summed E-state index contributed by atoms with van der Waals surface area (Å²) < 4.78 is 5.22. The number of likely N-dealkylation sites (N-methyl/N-ethyl adjacent to an activating group) is 1. The maximum atomic E-state index is 11.9. The largest absolute Gasteiger partial charge is 0.379 e. The molecule has 1 rings (SSSR count). The maximum Gasteiger partial charge on any atom is 0.239 e. The van der Waals surface area contributed by atoms with Gasteiger partial charge in [0.25, 0.3) is 0 Å². The molecule has 6 heteroatoms. The normalized spacial score (nSPS) is 16.3. The Labute approximate surface area is 108 Å². The second kappa shape index (κ2) is 8.05. The van der Waals surface area contributed by atoms with Crippen molar-refractivity contribution in [2.75, 3.05) is 53.0 Å². The molecule has 0 radical (unpaired) electrons. The van der Waals surface area contributed by atoms with E-state index in [4.69, 9.17) is 4.74 Å². The van der Waals surface area contributed by atoms with Crippen molar-refractivity contribution in [1.29, 1.82) is 0 Å². The average Bonchev–Trinajstić information content (AvgIpc) is 2.37. The molecule has 1 heterocycles. The van der Waals surface area contributed by atoms with E-state index in [-0.39, 0.29) is 18.4 Å². The Bertz CT molecular complexity index is 278. The van der Waals surface area contributed by atoms with Gasteiger partial charge in [0.15, 0.2) is 0 Å². The number of nitrogens with one attached hydrogen (secondary N) is 1. The van der Waals surface area contributed by atoms with E-state index in [1.54, 1.807) is 7.05 Å². The number of rotatable bonds is 6. The van der Waals surface area contributed by atoms with E-state index in [1.165, 1.54) is 4.90 Å². The van der Waals surface area contributed by atoms with Gasteiger partial charge in [-0.25, -0.2) is 0 Å². The fraction of sp³-hybridized carbons (Fsp3) is 0.833. The topological polar surface area (TPSA) is 61.9 Å². The molecule has 0 bridgehead atoms. The molecule has 0 atom stereocenters. The van der Waals surface area contributed by atoms with Crippen LogP contribution in [0.3, 0.4) is 0 Å². The van der Waals surface area contributed by atoms with Gasteiger partial charge in [-0.1, -0.05) is 6.92 Å². The van der Waals surface area contributed by atoms with Crippen molar-refractivity contribution in [3.05, 3.63) is 0 Å². The molecule has 0 spiro atoms. The Morgan fingerprint density at radius 1 is 1.33 bits per heavy atom. The van der Waals surface area contributed by atoms with Crippen molar-refractivity contribution in [2.45, 2.75) is 13.3 Å². The Balaban J connectivity index is 2.25. The number of hydrogen-bond donors (Lipinski definition) is 1. The SMILES string of the molecule is CCCNC(=O)CN(C)C(=O)CN1CCOCC1. The molecule has 2 amide bonds. The smallest absolute Gasteiger partial charge is 0.239 e. The summed E-state index contributed by atoms with van der Waals surface area (Å²) in [7, 11) is 1.66. The highest BCUT2D eigenvalue weighted by atomic mass is 16.5. The van der Waals surface area contributed by atoms with Crippen LogP contribution in [0.1, 0.15) is 13.3 Å². The minimum absolute atomic E-state index is 0.0245. The van der Waals surface area contributed by atoms with Crippen molar-refractivity contribution in [2.24, 2.45) is 0 Å². The number of carbonyl (C=O) groups is 2. The number of morpholine rings is 1. The summed E-state index contributed by atoms with van der Waals surface area (Å²) in [5.74, 6) is -0.127. The van der Waals surface area contributed by atoms with Gasteiger partial charge in [-0.05, 0) is 6.42 Å². The predicted molar refractivity (Wildman–Crippen MR) is 68.2 cm³/mol. The van der Waals surface area contributed by atoms with Crippen LogP contribution in [-0.2, 0) is 14.3 Å². The molecule has 1 N–H and O–H groups in total. The van der Waals surface area contributed by atoms with Crippen LogP contribution < -0.4 is 5.32 Å². The third-order valence-electron chi connectivity index (χ3n) is 2.84. The van der Waals surface area contributed by atoms with E-state index in [2.05, 4.69) is 5.32 Å². The number of carbonyl (C=O) groups excluding carboxylic acids is 2. The van der Waals surface area contributed by atoms with Crippen LogP contribution in [0.15, 0.2) is 0 Å². The number of nitrogens with zero attached hydrogens (tertiary/aromatic N) is 2. The lowest BCUT2D eigenvalue weighted by molar-refractivity contribution is -0.136. The van der Waals surface area contributed by atoms with Crippen molar-refractivity contribution in [1.82, 2.24) is 15.1 Å². The summed E-state index contributed by atoms with van der Waals surface area (Å²) in [6.45, 7) is 6.05. The first-order valence-corrected chi connectivity index (χ1v) is 6.44. The summed E-state index contributed by atoms with van der Waals surface area (Å²) in [6.07, 6.45) is 0.900. The first-order chi connectivity index (χ1) is 8.63. The first-order valence-electron chi connectivity index (χ1n) is 6.44. The maximum absolute atomic E-state index is 11.9. The minimum Gasteiger partial charge on any atom is -0.379 e. The standard InChI is InChI=1S/C12H23N3O3/c1-3-4-13-11(16)9-14(2)12(17)10-15-5-7-18-8-6-15/h3-10H2,1-2H3,(H,13,16). The number of amides is 2. The molecule has 6 nitrogen and oxygen atoms in total. The Morgan fingerprint density at radius 3 is 2.61 bits per heavy atom. The van der Waals surface area contributed by atoms with E-state index in [9.17, 15) is 9.59 Å². The van der Waals surface area contributed by atoms with Crippen molar-refractivity contribution < 1.29 is 14.3 Å². The molecule has 104 valence electrons. The summed E-state index contributed by atoms with van der Waals surface area (Å²) in [5, 5.41) is 2.76. The number of hydrogen-bond acceptors (Lipinski definition) is 4. The zero-order valence-electron chi connectivity index (χ0n) is 11.3. The fourth-order valence-corrected chi connectivity index (χ4v) is 1.70. The van der Waals surface area contributed by atoms with Crippen molar-refractivity contribution >= 4 is 11.8 Å². The average molecular weight is 257 g/mol. The van der Waals surface area contributed by atoms with Crippen LogP contribution in [-0.4, -0.2) is 74.6 Å². The van der Waals surface area contributed by atoms with Gasteiger partial charge >= 0.3 is 0 Å². The summed E-state index contributed by atoms with van der Waals surface area (Å²) in [6, 6.07) is 0. The molecule has 0 aliphatic carbocycles. The Morgan fingerprint density at radius 2 is 2.00 bits per heavy atom. The van der Waals surface area contributed by atoms with E-state index in [0.717, 1.165) is 19.5 Å². The molecular formula is C12H23N3O3. The molecule has 1 aliphatic heterocycles. The molecule has 0 saturated carbocycles. The monoisotopic (exact) mass is 257 g/mol. The quantitative estimate of drug-likeness (QED) is 0.684. The highest BCUT2D eigenvalue weighted by molar-refractivity contribution is 5.85. The molecule has 0 aromatic heterocycles. The first kappa shape index (κ1) is 14.9. The third-order valence-corrected chi connectivity index (χ3v) is 2.84. The minimum atomic E-state index is -0.102. The Kier molecular flexibility index (Phi) is 6.67. The van der Waals surface area contributed by atoms with Gasteiger partial charge < -0.3 is 15.0 Å². The molecule has 0 aromatic rings. The van der Waals surface area contributed by atoms with Gasteiger partial charge in [0.2, 0.25) is 11.8 Å². The van der Waals surface area contributed by atoms with Gasteiger partial charge in [-0.2, -0.15) is 0 Å². The summed E-state index contributed by atoms with van der Waals surface area (Å²) in [4.78, 5) is 26.9. The van der Waals surface area contributed by atoms with Gasteiger partial charge in [-0.15, -0.1) is 0 Å². The summed E-state index contributed by atoms with van der Waals surface area (Å²) >= 11 is 0. The van der Waals surface area contributed by atoms with Crippen molar-refractivity contribution in [3.63, 3.8) is 0 Å². The van der Waals surface area contributed by atoms with Gasteiger partial charge in [-0.3, -0.25) is 14.5 Å². The molecule has 18 heavy (non-hydrogen) atoms. The van der Waals surface area contributed by atoms with E-state index < -0.39 is 0 Å². The highest BCUT2D eigenvalue weighted by Gasteiger charge is 2.18. The predicted octanol–water partition coefficient (Wildman–Crippen LogP) is -0.697. The zero-order chi connectivity index (χ0) is 13.4. The van der Waals surface area contributed by atoms with Crippen LogP contribution in [0.5, 0.6) is 0 Å². The molecule has 0 aromatic carbocycles. The molecule has 0 unspecified atom stereocenters. The second-order valence-electron chi connectivity index (χ2n) is 4.49. The van der Waals surface area contributed by atoms with E-state index in [0.29, 0.717) is 26.3 Å². The van der Waals surface area contributed by atoms with Gasteiger partial charge in [0, 0.05) is 26.7 Å². The van der Waals surface area contributed by atoms with Crippen LogP contribution in [0, 0.1) is 0 Å². The van der Waals surface area contributed by atoms with E-state index >= 15 is 0 Å². The zero-order valence-corrected chi connectivity index (χ0v) is 11.3. The van der Waals surface area contributed by atoms with E-state index in [1.807, 2.05) is 11.8 Å². The molecule has 1 saturated heterocycles. The second-order valence-corrected chi connectivity index (χ2v) is 4.49. The van der Waals surface area contributed by atoms with Crippen LogP contribution in [0.25, 0.3) is 0 Å². The van der Waals surface area contributed by atoms with Crippen LogP contribution in [0.2, 0.25) is 0 Å². The molecule has 1 aliphatic rings. The van der Waals surface area contributed by atoms with Gasteiger partial charge in [0.05, 0.1) is 26.3 Å².